The van der Waals surface area contributed by atoms with E-state index in [0.29, 0.717) is 12.6 Å². The van der Waals surface area contributed by atoms with E-state index >= 15 is 0 Å². The fourth-order valence-electron chi connectivity index (χ4n) is 4.30. The number of benzene rings is 1. The number of anilines is 1. The van der Waals surface area contributed by atoms with Crippen LogP contribution in [0.2, 0.25) is 0 Å². The molecule has 124 valence electrons. The van der Waals surface area contributed by atoms with Crippen molar-refractivity contribution in [3.8, 4) is 5.75 Å². The highest BCUT2D eigenvalue weighted by Crippen LogP contribution is 2.60. The molecule has 3 heterocycles. The molecule has 1 amide bonds. The predicted octanol–water partition coefficient (Wildman–Crippen LogP) is 2.29. The zero-order valence-electron chi connectivity index (χ0n) is 13.5. The summed E-state index contributed by atoms with van der Waals surface area (Å²) in [5, 5.41) is 11.4. The molecular formula is C18H20N4O2. The first-order valence-electron chi connectivity index (χ1n) is 8.73. The van der Waals surface area contributed by atoms with Gasteiger partial charge >= 0.3 is 0 Å². The number of hydrogen-bond acceptors (Lipinski definition) is 4. The van der Waals surface area contributed by atoms with E-state index in [-0.39, 0.29) is 17.2 Å². The molecule has 6 heteroatoms. The number of nitrogens with one attached hydrogen (secondary N) is 1. The summed E-state index contributed by atoms with van der Waals surface area (Å²) in [5.74, 6) is 2.58. The molecule has 5 rings (SSSR count). The van der Waals surface area contributed by atoms with Crippen molar-refractivity contribution in [2.24, 2.45) is 5.92 Å². The molecule has 1 saturated carbocycles. The Morgan fingerprint density at radius 1 is 1.29 bits per heavy atom. The zero-order valence-corrected chi connectivity index (χ0v) is 13.5. The zero-order chi connectivity index (χ0) is 16.1. The minimum absolute atomic E-state index is 0.000842. The van der Waals surface area contributed by atoms with Crippen LogP contribution in [0.15, 0.2) is 24.3 Å². The van der Waals surface area contributed by atoms with E-state index < -0.39 is 0 Å². The van der Waals surface area contributed by atoms with Crippen LogP contribution in [-0.4, -0.2) is 27.3 Å². The van der Waals surface area contributed by atoms with Crippen LogP contribution in [-0.2, 0) is 23.2 Å². The minimum atomic E-state index is -0.0519. The Morgan fingerprint density at radius 2 is 2.21 bits per heavy atom. The maximum absolute atomic E-state index is 12.8. The average Bonchev–Trinajstić information content (AvgIpc) is 3.20. The van der Waals surface area contributed by atoms with Crippen molar-refractivity contribution in [3.63, 3.8) is 0 Å². The highest BCUT2D eigenvalue weighted by Gasteiger charge is 2.61. The summed E-state index contributed by atoms with van der Waals surface area (Å²) in [4.78, 5) is 12.8. The van der Waals surface area contributed by atoms with Crippen molar-refractivity contribution >= 4 is 11.9 Å². The Balaban J connectivity index is 1.38. The van der Waals surface area contributed by atoms with E-state index in [0.717, 1.165) is 50.2 Å². The Morgan fingerprint density at radius 3 is 3.17 bits per heavy atom. The Labute approximate surface area is 140 Å². The molecule has 0 radical (unpaired) electrons. The number of nitrogens with zero attached hydrogens (tertiary/aromatic N) is 3. The van der Waals surface area contributed by atoms with Crippen LogP contribution in [0.25, 0.3) is 0 Å². The van der Waals surface area contributed by atoms with Gasteiger partial charge in [0.1, 0.15) is 11.6 Å². The van der Waals surface area contributed by atoms with E-state index in [2.05, 4.69) is 21.6 Å². The molecule has 2 atom stereocenters. The number of amides is 1. The van der Waals surface area contributed by atoms with Gasteiger partial charge in [-0.1, -0.05) is 18.2 Å². The smallest absolute Gasteiger partial charge is 0.231 e. The molecule has 1 aromatic carbocycles. The van der Waals surface area contributed by atoms with E-state index in [1.165, 1.54) is 5.56 Å². The average molecular weight is 324 g/mol. The van der Waals surface area contributed by atoms with Crippen molar-refractivity contribution in [1.82, 2.24) is 14.8 Å². The first kappa shape index (κ1) is 14.0. The van der Waals surface area contributed by atoms with Crippen LogP contribution in [0, 0.1) is 5.92 Å². The second-order valence-electron chi connectivity index (χ2n) is 7.05. The number of aromatic nitrogens is 3. The van der Waals surface area contributed by atoms with Gasteiger partial charge in [-0.05, 0) is 31.7 Å². The van der Waals surface area contributed by atoms with Gasteiger partial charge in [-0.3, -0.25) is 14.7 Å². The lowest BCUT2D eigenvalue weighted by molar-refractivity contribution is -0.117. The third-order valence-electron chi connectivity index (χ3n) is 5.72. The normalized spacial score (nSPS) is 27.1. The molecule has 2 unspecified atom stereocenters. The number of carbonyl (C=O) groups is 1. The molecule has 1 spiro atoms. The van der Waals surface area contributed by atoms with E-state index in [1.54, 1.807) is 0 Å². The van der Waals surface area contributed by atoms with E-state index in [4.69, 9.17) is 4.74 Å². The molecule has 24 heavy (non-hydrogen) atoms. The van der Waals surface area contributed by atoms with Crippen LogP contribution in [0.3, 0.4) is 0 Å². The summed E-state index contributed by atoms with van der Waals surface area (Å²) >= 11 is 0. The van der Waals surface area contributed by atoms with E-state index in [9.17, 15) is 4.79 Å². The highest BCUT2D eigenvalue weighted by atomic mass is 16.5. The Kier molecular flexibility index (Phi) is 2.96. The molecular weight excluding hydrogens is 304 g/mol. The summed E-state index contributed by atoms with van der Waals surface area (Å²) in [5.41, 5.74) is 1.13. The third kappa shape index (κ3) is 1.98. The monoisotopic (exact) mass is 324 g/mol. The molecule has 1 aliphatic carbocycles. The molecule has 1 fully saturated rings. The topological polar surface area (TPSA) is 69.0 Å². The van der Waals surface area contributed by atoms with Crippen molar-refractivity contribution < 1.29 is 9.53 Å². The van der Waals surface area contributed by atoms with Gasteiger partial charge in [0.2, 0.25) is 11.9 Å². The lowest BCUT2D eigenvalue weighted by atomic mass is 9.87. The number of ether oxygens (including phenoxy) is 1. The van der Waals surface area contributed by atoms with Gasteiger partial charge in [0.05, 0.1) is 6.61 Å². The largest absolute Gasteiger partial charge is 0.493 e. The van der Waals surface area contributed by atoms with Gasteiger partial charge < -0.3 is 4.74 Å². The van der Waals surface area contributed by atoms with Gasteiger partial charge in [-0.25, -0.2) is 0 Å². The highest BCUT2D eigenvalue weighted by molar-refractivity contribution is 5.95. The van der Waals surface area contributed by atoms with Crippen molar-refractivity contribution in [1.29, 1.82) is 0 Å². The fraction of sp³-hybridized carbons (Fsp3) is 0.500. The summed E-state index contributed by atoms with van der Waals surface area (Å²) in [6.45, 7) is 1.57. The predicted molar refractivity (Wildman–Crippen MR) is 87.9 cm³/mol. The first-order valence-corrected chi connectivity index (χ1v) is 8.73. The molecule has 2 aromatic rings. The summed E-state index contributed by atoms with van der Waals surface area (Å²) < 4.78 is 7.80. The van der Waals surface area contributed by atoms with Gasteiger partial charge in [0, 0.05) is 29.9 Å². The van der Waals surface area contributed by atoms with Crippen molar-refractivity contribution in [3.05, 3.63) is 35.7 Å². The number of fused-ring (bicyclic) bond motifs is 3. The molecule has 0 saturated heterocycles. The summed E-state index contributed by atoms with van der Waals surface area (Å²) in [6.07, 6.45) is 5.00. The minimum Gasteiger partial charge on any atom is -0.493 e. The van der Waals surface area contributed by atoms with Crippen LogP contribution >= 0.6 is 0 Å². The summed E-state index contributed by atoms with van der Waals surface area (Å²) in [6, 6.07) is 8.11. The van der Waals surface area contributed by atoms with Gasteiger partial charge in [0.25, 0.3) is 0 Å². The molecule has 1 aromatic heterocycles. The Hall–Kier alpha value is -2.37. The maximum Gasteiger partial charge on any atom is 0.231 e. The molecule has 0 bridgehead atoms. The number of para-hydroxylation sites is 1. The number of rotatable bonds is 2. The first-order chi connectivity index (χ1) is 11.8. The lowest BCUT2D eigenvalue weighted by Gasteiger charge is -2.26. The van der Waals surface area contributed by atoms with E-state index in [1.807, 2.05) is 22.8 Å². The SMILES string of the molecule is O=C(Nc1nnc2n1CCCC2)C1CC12CCOc1ccccc12. The van der Waals surface area contributed by atoms with Crippen LogP contribution in [0.4, 0.5) is 5.95 Å². The van der Waals surface area contributed by atoms with Crippen LogP contribution in [0.1, 0.15) is 37.1 Å². The lowest BCUT2D eigenvalue weighted by Crippen LogP contribution is -2.27. The second kappa shape index (κ2) is 5.06. The third-order valence-corrected chi connectivity index (χ3v) is 5.72. The van der Waals surface area contributed by atoms with Crippen molar-refractivity contribution in [2.75, 3.05) is 11.9 Å². The van der Waals surface area contributed by atoms with Gasteiger partial charge in [0.15, 0.2) is 0 Å². The standard InChI is InChI=1S/C18H20N4O2/c23-16(19-17-21-20-15-7-3-4-9-22(15)17)13-11-18(13)8-10-24-14-6-2-1-5-12(14)18/h1-2,5-6,13H,3-4,7-11H2,(H,19,21,23). The summed E-state index contributed by atoms with van der Waals surface area (Å²) in [7, 11) is 0. The fourth-order valence-corrected chi connectivity index (χ4v) is 4.30. The van der Waals surface area contributed by atoms with Crippen molar-refractivity contribution in [2.45, 2.75) is 44.1 Å². The molecule has 2 aliphatic heterocycles. The molecule has 6 nitrogen and oxygen atoms in total. The number of aryl methyl sites for hydroxylation is 1. The molecule has 1 N–H and O–H groups in total. The van der Waals surface area contributed by atoms with Gasteiger partial charge in [-0.15, -0.1) is 10.2 Å². The number of carbonyl (C=O) groups excluding carboxylic acids is 1. The second-order valence-corrected chi connectivity index (χ2v) is 7.05. The quantitative estimate of drug-likeness (QED) is 0.920. The number of hydrogen-bond donors (Lipinski definition) is 1. The maximum atomic E-state index is 12.8. The van der Waals surface area contributed by atoms with Crippen LogP contribution < -0.4 is 10.1 Å². The van der Waals surface area contributed by atoms with Crippen LogP contribution in [0.5, 0.6) is 5.75 Å². The molecule has 3 aliphatic rings. The van der Waals surface area contributed by atoms with Gasteiger partial charge in [-0.2, -0.15) is 0 Å². The Bertz CT molecular complexity index is 815.